The zero-order chi connectivity index (χ0) is 15.0. The summed E-state index contributed by atoms with van der Waals surface area (Å²) < 4.78 is 0. The van der Waals surface area contributed by atoms with Crippen molar-refractivity contribution in [1.82, 2.24) is 0 Å². The zero-order valence-corrected chi connectivity index (χ0v) is 12.0. The van der Waals surface area contributed by atoms with Crippen molar-refractivity contribution in [2.45, 2.75) is 26.2 Å². The smallest absolute Gasteiger partial charge is 0.328 e. The van der Waals surface area contributed by atoms with Gasteiger partial charge in [-0.3, -0.25) is 4.79 Å². The number of carboxylic acid groups (broad SMARTS) is 1. The molecule has 4 nitrogen and oxygen atoms in total. The Morgan fingerprint density at radius 3 is 2.62 bits per heavy atom. The summed E-state index contributed by atoms with van der Waals surface area (Å²) >= 11 is 0. The van der Waals surface area contributed by atoms with Crippen molar-refractivity contribution in [3.8, 4) is 0 Å². The van der Waals surface area contributed by atoms with E-state index in [2.05, 4.69) is 5.32 Å². The van der Waals surface area contributed by atoms with E-state index in [0.29, 0.717) is 11.8 Å². The van der Waals surface area contributed by atoms with Crippen molar-refractivity contribution in [1.29, 1.82) is 0 Å². The topological polar surface area (TPSA) is 66.4 Å². The van der Waals surface area contributed by atoms with E-state index in [1.807, 2.05) is 25.1 Å². The van der Waals surface area contributed by atoms with Gasteiger partial charge in [-0.2, -0.15) is 0 Å². The first-order valence-corrected chi connectivity index (χ1v) is 7.38. The van der Waals surface area contributed by atoms with E-state index in [1.54, 1.807) is 0 Å². The van der Waals surface area contributed by atoms with Gasteiger partial charge < -0.3 is 10.4 Å². The summed E-state index contributed by atoms with van der Waals surface area (Å²) in [5.74, 6) is 0.524. The number of carbonyl (C=O) groups excluding carboxylic acids is 1. The molecule has 0 aromatic heterocycles. The van der Waals surface area contributed by atoms with Gasteiger partial charge in [-0.25, -0.2) is 4.79 Å². The van der Waals surface area contributed by atoms with Gasteiger partial charge in [0.15, 0.2) is 0 Å². The normalized spacial score (nSPS) is 26.6. The van der Waals surface area contributed by atoms with E-state index in [1.165, 1.54) is 25.3 Å². The Hall–Kier alpha value is -2.10. The van der Waals surface area contributed by atoms with E-state index in [-0.39, 0.29) is 11.8 Å². The highest BCUT2D eigenvalue weighted by Gasteiger charge is 2.56. The van der Waals surface area contributed by atoms with Gasteiger partial charge in [-0.1, -0.05) is 12.5 Å². The number of carbonyl (C=O) groups is 2. The van der Waals surface area contributed by atoms with Crippen molar-refractivity contribution >= 4 is 23.6 Å². The van der Waals surface area contributed by atoms with Crippen molar-refractivity contribution in [2.24, 2.45) is 17.8 Å². The average molecular weight is 285 g/mol. The molecule has 0 spiro atoms. The average Bonchev–Trinajstić information content (AvgIpc) is 2.90. The fourth-order valence-corrected chi connectivity index (χ4v) is 3.58. The Morgan fingerprint density at radius 2 is 1.95 bits per heavy atom. The maximum atomic E-state index is 12.3. The number of amides is 1. The first kappa shape index (κ1) is 13.9. The molecule has 4 heteroatoms. The van der Waals surface area contributed by atoms with Gasteiger partial charge in [0.1, 0.15) is 0 Å². The summed E-state index contributed by atoms with van der Waals surface area (Å²) in [4.78, 5) is 22.8. The molecule has 0 saturated heterocycles. The molecule has 3 rings (SSSR count). The molecule has 110 valence electrons. The molecule has 2 saturated carbocycles. The van der Waals surface area contributed by atoms with Crippen LogP contribution >= 0.6 is 0 Å². The second-order valence-corrected chi connectivity index (χ2v) is 6.08. The first-order valence-electron chi connectivity index (χ1n) is 7.38. The molecule has 2 atom stereocenters. The minimum atomic E-state index is -0.979. The summed E-state index contributed by atoms with van der Waals surface area (Å²) in [7, 11) is 0. The Balaban J connectivity index is 1.70. The quantitative estimate of drug-likeness (QED) is 0.835. The monoisotopic (exact) mass is 285 g/mol. The van der Waals surface area contributed by atoms with E-state index in [0.717, 1.165) is 22.9 Å². The largest absolute Gasteiger partial charge is 0.478 e. The van der Waals surface area contributed by atoms with Crippen molar-refractivity contribution < 1.29 is 14.7 Å². The number of fused-ring (bicyclic) bond motifs is 1. The minimum absolute atomic E-state index is 0.114. The number of anilines is 1. The lowest BCUT2D eigenvalue weighted by Crippen LogP contribution is -2.16. The number of aliphatic carboxylic acids is 1. The highest BCUT2D eigenvalue weighted by Crippen LogP contribution is 2.57. The Bertz CT molecular complexity index is 610. The van der Waals surface area contributed by atoms with Gasteiger partial charge in [-0.15, -0.1) is 0 Å². The lowest BCUT2D eigenvalue weighted by Gasteiger charge is -2.09. The predicted molar refractivity (Wildman–Crippen MR) is 80.8 cm³/mol. The SMILES string of the molecule is Cc1cc(/C=C/C(=O)O)cc(NC(=O)C2C3CCCC32)c1. The highest BCUT2D eigenvalue weighted by molar-refractivity contribution is 5.95. The van der Waals surface area contributed by atoms with Crippen LogP contribution in [0.4, 0.5) is 5.69 Å². The summed E-state index contributed by atoms with van der Waals surface area (Å²) in [5, 5.41) is 11.7. The molecule has 0 bridgehead atoms. The lowest BCUT2D eigenvalue weighted by molar-refractivity contribution is -0.131. The molecule has 1 aromatic carbocycles. The summed E-state index contributed by atoms with van der Waals surface area (Å²) in [5.41, 5.74) is 2.52. The molecule has 2 unspecified atom stereocenters. The minimum Gasteiger partial charge on any atom is -0.478 e. The second-order valence-electron chi connectivity index (χ2n) is 6.08. The number of nitrogens with one attached hydrogen (secondary N) is 1. The van der Waals surface area contributed by atoms with Crippen LogP contribution in [0.5, 0.6) is 0 Å². The van der Waals surface area contributed by atoms with E-state index >= 15 is 0 Å². The third-order valence-corrected chi connectivity index (χ3v) is 4.49. The van der Waals surface area contributed by atoms with Gasteiger partial charge in [-0.05, 0) is 60.9 Å². The Kier molecular flexibility index (Phi) is 3.53. The summed E-state index contributed by atoms with van der Waals surface area (Å²) in [6.07, 6.45) is 6.27. The van der Waals surface area contributed by atoms with Gasteiger partial charge in [0, 0.05) is 17.7 Å². The zero-order valence-electron chi connectivity index (χ0n) is 12.0. The second kappa shape index (κ2) is 5.35. The van der Waals surface area contributed by atoms with Crippen molar-refractivity contribution in [3.63, 3.8) is 0 Å². The first-order chi connectivity index (χ1) is 10.0. The molecule has 2 N–H and O–H groups in total. The number of rotatable bonds is 4. The predicted octanol–water partition coefficient (Wildman–Crippen LogP) is 3.08. The van der Waals surface area contributed by atoms with Gasteiger partial charge in [0.05, 0.1) is 0 Å². The number of hydrogen-bond donors (Lipinski definition) is 2. The molecule has 21 heavy (non-hydrogen) atoms. The maximum absolute atomic E-state index is 12.3. The molecular weight excluding hydrogens is 266 g/mol. The third-order valence-electron chi connectivity index (χ3n) is 4.49. The Labute approximate surface area is 123 Å². The Morgan fingerprint density at radius 1 is 1.24 bits per heavy atom. The number of carboxylic acids is 1. The molecule has 1 aromatic rings. The van der Waals surface area contributed by atoms with Crippen LogP contribution in [0.1, 0.15) is 30.4 Å². The van der Waals surface area contributed by atoms with Crippen LogP contribution in [0.3, 0.4) is 0 Å². The third kappa shape index (κ3) is 2.99. The molecule has 2 fully saturated rings. The van der Waals surface area contributed by atoms with Crippen LogP contribution < -0.4 is 5.32 Å². The molecule has 1 amide bonds. The van der Waals surface area contributed by atoms with Crippen LogP contribution in [0.15, 0.2) is 24.3 Å². The maximum Gasteiger partial charge on any atom is 0.328 e. The van der Waals surface area contributed by atoms with Crippen LogP contribution in [0, 0.1) is 24.7 Å². The van der Waals surface area contributed by atoms with Crippen LogP contribution in [0.2, 0.25) is 0 Å². The van der Waals surface area contributed by atoms with Crippen molar-refractivity contribution in [2.75, 3.05) is 5.32 Å². The fraction of sp³-hybridized carbons (Fsp3) is 0.412. The van der Waals surface area contributed by atoms with Gasteiger partial charge in [0.25, 0.3) is 0 Å². The molecule has 0 heterocycles. The molecule has 0 radical (unpaired) electrons. The standard InChI is InChI=1S/C17H19NO3/c1-10-7-11(5-6-15(19)20)9-12(8-10)18-17(21)16-13-3-2-4-14(13)16/h5-9,13-14,16H,2-4H2,1H3,(H,18,21)(H,19,20)/b6-5+. The molecular formula is C17H19NO3. The molecule has 2 aliphatic rings. The van der Waals surface area contributed by atoms with E-state index in [4.69, 9.17) is 5.11 Å². The van der Waals surface area contributed by atoms with E-state index < -0.39 is 5.97 Å². The summed E-state index contributed by atoms with van der Waals surface area (Å²) in [6.45, 7) is 1.93. The van der Waals surface area contributed by atoms with Crippen LogP contribution in [0.25, 0.3) is 6.08 Å². The summed E-state index contributed by atoms with van der Waals surface area (Å²) in [6, 6.07) is 5.61. The van der Waals surface area contributed by atoms with E-state index in [9.17, 15) is 9.59 Å². The van der Waals surface area contributed by atoms with Crippen LogP contribution in [-0.2, 0) is 9.59 Å². The van der Waals surface area contributed by atoms with Crippen LogP contribution in [-0.4, -0.2) is 17.0 Å². The lowest BCUT2D eigenvalue weighted by atomic mass is 10.1. The fourth-order valence-electron chi connectivity index (χ4n) is 3.58. The molecule has 2 aliphatic carbocycles. The highest BCUT2D eigenvalue weighted by atomic mass is 16.4. The number of aryl methyl sites for hydroxylation is 1. The van der Waals surface area contributed by atoms with Gasteiger partial charge in [0.2, 0.25) is 5.91 Å². The number of hydrogen-bond acceptors (Lipinski definition) is 2. The van der Waals surface area contributed by atoms with Gasteiger partial charge >= 0.3 is 5.97 Å². The molecule has 0 aliphatic heterocycles. The number of benzene rings is 1. The van der Waals surface area contributed by atoms with Crippen molar-refractivity contribution in [3.05, 3.63) is 35.4 Å².